The summed E-state index contributed by atoms with van der Waals surface area (Å²) < 4.78 is 12.6. The highest BCUT2D eigenvalue weighted by atomic mass is 19.1. The number of amides is 1. The zero-order valence-electron chi connectivity index (χ0n) is 6.80. The average Bonchev–Trinajstić information content (AvgIpc) is 2.05. The van der Waals surface area contributed by atoms with Crippen molar-refractivity contribution in [2.24, 2.45) is 0 Å². The van der Waals surface area contributed by atoms with Crippen molar-refractivity contribution >= 4 is 5.91 Å². The minimum Gasteiger partial charge on any atom is -0.352 e. The number of halogens is 1. The van der Waals surface area contributed by atoms with Crippen LogP contribution >= 0.6 is 0 Å². The van der Waals surface area contributed by atoms with E-state index in [0.717, 1.165) is 0 Å². The van der Waals surface area contributed by atoms with E-state index in [9.17, 15) is 9.18 Å². The van der Waals surface area contributed by atoms with Gasteiger partial charge in [-0.15, -0.1) is 0 Å². The number of carbonyl (C=O) groups excluding carboxylic acids is 1. The fraction of sp³-hybridized carbons (Fsp3) is 0.222. The summed E-state index contributed by atoms with van der Waals surface area (Å²) in [4.78, 5) is 11.1. The van der Waals surface area contributed by atoms with Crippen LogP contribution < -0.4 is 5.32 Å². The number of nitrogens with one attached hydrogen (secondary N) is 1. The molecule has 0 unspecified atom stereocenters. The molecule has 0 aliphatic heterocycles. The second kappa shape index (κ2) is 3.85. The average molecular weight is 169 g/mol. The standard InChI is InChI=1S/C9H10FNO.H2/c1-2-11-9(12)7-4-3-5-8(10)6-7;/h3-6H,2H2,1H3,(H,11,12);1H. The predicted molar refractivity (Wildman–Crippen MR) is 46.5 cm³/mol. The van der Waals surface area contributed by atoms with Gasteiger partial charge in [-0.2, -0.15) is 0 Å². The molecule has 66 valence electrons. The molecule has 0 saturated carbocycles. The fourth-order valence-corrected chi connectivity index (χ4v) is 0.892. The lowest BCUT2D eigenvalue weighted by molar-refractivity contribution is 0.0955. The summed E-state index contributed by atoms with van der Waals surface area (Å²) in [6.45, 7) is 2.37. The lowest BCUT2D eigenvalue weighted by Gasteiger charge is -2.00. The lowest BCUT2D eigenvalue weighted by Crippen LogP contribution is -2.22. The molecule has 0 aliphatic carbocycles. The molecule has 0 fully saturated rings. The zero-order valence-corrected chi connectivity index (χ0v) is 6.80. The van der Waals surface area contributed by atoms with E-state index >= 15 is 0 Å². The molecule has 0 saturated heterocycles. The van der Waals surface area contributed by atoms with Crippen LogP contribution in [-0.2, 0) is 0 Å². The molecule has 0 aliphatic rings. The third-order valence-corrected chi connectivity index (χ3v) is 1.42. The number of carbonyl (C=O) groups is 1. The van der Waals surface area contributed by atoms with Crippen LogP contribution in [0.1, 0.15) is 18.7 Å². The molecule has 0 aromatic heterocycles. The highest BCUT2D eigenvalue weighted by molar-refractivity contribution is 5.94. The Labute approximate surface area is 71.9 Å². The minimum absolute atomic E-state index is 0. The Morgan fingerprint density at radius 3 is 3.00 bits per heavy atom. The zero-order chi connectivity index (χ0) is 8.97. The van der Waals surface area contributed by atoms with Gasteiger partial charge in [-0.25, -0.2) is 4.39 Å². The summed E-state index contributed by atoms with van der Waals surface area (Å²) in [5.41, 5.74) is 0.358. The van der Waals surface area contributed by atoms with Crippen molar-refractivity contribution in [3.63, 3.8) is 0 Å². The monoisotopic (exact) mass is 169 g/mol. The molecule has 2 nitrogen and oxygen atoms in total. The third kappa shape index (κ3) is 2.05. The number of hydrogen-bond donors (Lipinski definition) is 1. The quantitative estimate of drug-likeness (QED) is 0.718. The smallest absolute Gasteiger partial charge is 0.251 e. The van der Waals surface area contributed by atoms with E-state index in [-0.39, 0.29) is 7.33 Å². The molecule has 0 heterocycles. The summed E-state index contributed by atoms with van der Waals surface area (Å²) in [6, 6.07) is 5.61. The Bertz CT molecular complexity index is 291. The number of hydrogen-bond acceptors (Lipinski definition) is 1. The van der Waals surface area contributed by atoms with E-state index in [1.807, 2.05) is 6.92 Å². The van der Waals surface area contributed by atoms with Gasteiger partial charge < -0.3 is 5.32 Å². The van der Waals surface area contributed by atoms with Gasteiger partial charge in [0, 0.05) is 13.5 Å². The Hall–Kier alpha value is -1.38. The van der Waals surface area contributed by atoms with E-state index in [0.29, 0.717) is 12.1 Å². The SMILES string of the molecule is CCNC(=O)c1cccc(F)c1.[HH]. The first-order valence-corrected chi connectivity index (χ1v) is 3.78. The largest absolute Gasteiger partial charge is 0.352 e. The predicted octanol–water partition coefficient (Wildman–Crippen LogP) is 1.82. The van der Waals surface area contributed by atoms with Crippen molar-refractivity contribution < 1.29 is 10.6 Å². The molecule has 1 rings (SSSR count). The molecule has 12 heavy (non-hydrogen) atoms. The summed E-state index contributed by atoms with van der Waals surface area (Å²) in [5.74, 6) is -0.629. The minimum atomic E-state index is -0.390. The summed E-state index contributed by atoms with van der Waals surface area (Å²) >= 11 is 0. The van der Waals surface area contributed by atoms with Crippen molar-refractivity contribution in [3.05, 3.63) is 35.6 Å². The summed E-state index contributed by atoms with van der Waals surface area (Å²) in [6.07, 6.45) is 0. The van der Waals surface area contributed by atoms with Gasteiger partial charge in [-0.05, 0) is 25.1 Å². The first-order chi connectivity index (χ1) is 5.74. The summed E-state index contributed by atoms with van der Waals surface area (Å²) in [5, 5.41) is 2.58. The highest BCUT2D eigenvalue weighted by Gasteiger charge is 2.03. The number of rotatable bonds is 2. The lowest BCUT2D eigenvalue weighted by atomic mass is 10.2. The maximum absolute atomic E-state index is 12.6. The Morgan fingerprint density at radius 2 is 2.42 bits per heavy atom. The van der Waals surface area contributed by atoms with Crippen molar-refractivity contribution in [1.82, 2.24) is 5.32 Å². The normalized spacial score (nSPS) is 9.50. The van der Waals surface area contributed by atoms with Gasteiger partial charge in [0.25, 0.3) is 5.91 Å². The molecule has 0 spiro atoms. The van der Waals surface area contributed by atoms with Crippen LogP contribution in [0.25, 0.3) is 0 Å². The molecular formula is C9H12FNO. The van der Waals surface area contributed by atoms with Crippen LogP contribution in [0.15, 0.2) is 24.3 Å². The molecule has 3 heteroatoms. The van der Waals surface area contributed by atoms with Crippen LogP contribution in [0.4, 0.5) is 4.39 Å². The van der Waals surface area contributed by atoms with Crippen LogP contribution in [-0.4, -0.2) is 12.5 Å². The van der Waals surface area contributed by atoms with E-state index in [1.165, 1.54) is 18.2 Å². The molecule has 1 N–H and O–H groups in total. The van der Waals surface area contributed by atoms with Crippen LogP contribution in [0.3, 0.4) is 0 Å². The molecule has 0 radical (unpaired) electrons. The first-order valence-electron chi connectivity index (χ1n) is 3.78. The van der Waals surface area contributed by atoms with Gasteiger partial charge in [-0.1, -0.05) is 6.07 Å². The molecule has 1 aromatic carbocycles. The third-order valence-electron chi connectivity index (χ3n) is 1.42. The maximum Gasteiger partial charge on any atom is 0.251 e. The van der Waals surface area contributed by atoms with Crippen LogP contribution in [0, 0.1) is 5.82 Å². The summed E-state index contributed by atoms with van der Waals surface area (Å²) in [7, 11) is 0. The van der Waals surface area contributed by atoms with E-state index in [4.69, 9.17) is 0 Å². The van der Waals surface area contributed by atoms with Gasteiger partial charge >= 0.3 is 0 Å². The second-order valence-electron chi connectivity index (χ2n) is 2.37. The maximum atomic E-state index is 12.6. The number of benzene rings is 1. The van der Waals surface area contributed by atoms with Crippen molar-refractivity contribution in [2.75, 3.05) is 6.54 Å². The van der Waals surface area contributed by atoms with Gasteiger partial charge in [0.15, 0.2) is 0 Å². The van der Waals surface area contributed by atoms with Crippen molar-refractivity contribution in [1.29, 1.82) is 0 Å². The second-order valence-corrected chi connectivity index (χ2v) is 2.37. The van der Waals surface area contributed by atoms with Gasteiger partial charge in [-0.3, -0.25) is 4.79 Å². The highest BCUT2D eigenvalue weighted by Crippen LogP contribution is 2.02. The Kier molecular flexibility index (Phi) is 2.80. The van der Waals surface area contributed by atoms with Crippen molar-refractivity contribution in [3.8, 4) is 0 Å². The molecule has 0 atom stereocenters. The van der Waals surface area contributed by atoms with Gasteiger partial charge in [0.05, 0.1) is 0 Å². The van der Waals surface area contributed by atoms with Crippen LogP contribution in [0.5, 0.6) is 0 Å². The Morgan fingerprint density at radius 1 is 1.67 bits per heavy atom. The molecule has 1 amide bonds. The topological polar surface area (TPSA) is 29.1 Å². The first kappa shape index (κ1) is 8.71. The Balaban J connectivity index is 0.00000144. The molecular weight excluding hydrogens is 157 g/mol. The van der Waals surface area contributed by atoms with Crippen LogP contribution in [0.2, 0.25) is 0 Å². The fourth-order valence-electron chi connectivity index (χ4n) is 0.892. The van der Waals surface area contributed by atoms with Gasteiger partial charge in [0.1, 0.15) is 5.82 Å². The molecule has 1 aromatic rings. The van der Waals surface area contributed by atoms with Gasteiger partial charge in [0.2, 0.25) is 0 Å². The van der Waals surface area contributed by atoms with E-state index in [1.54, 1.807) is 6.07 Å². The van der Waals surface area contributed by atoms with E-state index < -0.39 is 5.82 Å². The van der Waals surface area contributed by atoms with Crippen molar-refractivity contribution in [2.45, 2.75) is 6.92 Å². The molecule has 0 bridgehead atoms. The van der Waals surface area contributed by atoms with E-state index in [2.05, 4.69) is 5.32 Å².